The monoisotopic (exact) mass is 636 g/mol. The number of aliphatic hydroxyl groups is 1. The largest absolute Gasteiger partial charge is 0.507 e. The number of aldehydes is 2. The number of aliphatic carboxylic acids is 1. The van der Waals surface area contributed by atoms with Gasteiger partial charge in [0.05, 0.1) is 11.1 Å². The van der Waals surface area contributed by atoms with E-state index in [1.807, 2.05) is 0 Å². The van der Waals surface area contributed by atoms with Gasteiger partial charge < -0.3 is 20.4 Å². The smallest absolute Gasteiger partial charge is 0.303 e. The number of carbonyl (C=O) groups excluding carboxylic acids is 2. The Morgan fingerprint density at radius 3 is 1.19 bits per heavy atom. The maximum atomic E-state index is 10.3. The van der Waals surface area contributed by atoms with Gasteiger partial charge >= 0.3 is 5.97 Å². The molecular formula is C35H56O7Ti. The van der Waals surface area contributed by atoms with Gasteiger partial charge in [0, 0.05) is 34.2 Å². The SMILES string of the molecule is CC(C)CCCCCCCCCCCCCCC(=O)O.CC(C)O.O=Cc1ccccc1O.O=Cc1ccccc1O.[Ti]. The van der Waals surface area contributed by atoms with Crippen LogP contribution in [0.25, 0.3) is 0 Å². The Balaban J connectivity index is -0.000000573. The predicted molar refractivity (Wildman–Crippen MR) is 171 cm³/mol. The van der Waals surface area contributed by atoms with Crippen molar-refractivity contribution in [3.05, 3.63) is 59.7 Å². The minimum absolute atomic E-state index is 0. The van der Waals surface area contributed by atoms with Crippen molar-refractivity contribution < 1.29 is 56.5 Å². The first-order chi connectivity index (χ1) is 20.0. The van der Waals surface area contributed by atoms with Crippen LogP contribution < -0.4 is 0 Å². The minimum atomic E-state index is -0.654. The molecule has 0 aromatic heterocycles. The zero-order chi connectivity index (χ0) is 32.0. The molecule has 0 unspecified atom stereocenters. The molecule has 0 aliphatic heterocycles. The molecule has 2 rings (SSSR count). The van der Waals surface area contributed by atoms with Crippen molar-refractivity contribution in [1.82, 2.24) is 0 Å². The molecule has 0 saturated heterocycles. The zero-order valence-corrected chi connectivity index (χ0v) is 28.4. The summed E-state index contributed by atoms with van der Waals surface area (Å²) in [6.45, 7) is 8.06. The summed E-state index contributed by atoms with van der Waals surface area (Å²) in [5.41, 5.74) is 0.662. The van der Waals surface area contributed by atoms with Gasteiger partial charge in [-0.2, -0.15) is 0 Å². The summed E-state index contributed by atoms with van der Waals surface area (Å²) in [5, 5.41) is 34.3. The second-order valence-electron chi connectivity index (χ2n) is 11.0. The number of benzene rings is 2. The van der Waals surface area contributed by atoms with Crippen molar-refractivity contribution in [1.29, 1.82) is 0 Å². The first kappa shape index (κ1) is 45.0. The van der Waals surface area contributed by atoms with Crippen molar-refractivity contribution in [2.45, 2.75) is 124 Å². The molecule has 0 atom stereocenters. The average molecular weight is 637 g/mol. The van der Waals surface area contributed by atoms with Crippen molar-refractivity contribution in [3.63, 3.8) is 0 Å². The molecule has 2 aromatic rings. The van der Waals surface area contributed by atoms with Gasteiger partial charge in [0.2, 0.25) is 0 Å². The summed E-state index contributed by atoms with van der Waals surface area (Å²) in [4.78, 5) is 30.5. The Morgan fingerprint density at radius 1 is 0.628 bits per heavy atom. The van der Waals surface area contributed by atoms with Crippen LogP contribution in [0.15, 0.2) is 48.5 Å². The number of phenols is 2. The van der Waals surface area contributed by atoms with Gasteiger partial charge in [0.15, 0.2) is 12.6 Å². The number of phenolic OH excluding ortho intramolecular Hbond substituents is 2. The van der Waals surface area contributed by atoms with E-state index in [4.69, 9.17) is 20.4 Å². The van der Waals surface area contributed by atoms with Crippen LogP contribution in [0.4, 0.5) is 0 Å². The van der Waals surface area contributed by atoms with E-state index in [2.05, 4.69) is 13.8 Å². The van der Waals surface area contributed by atoms with Crippen molar-refractivity contribution in [2.75, 3.05) is 0 Å². The molecule has 0 radical (unpaired) electrons. The van der Waals surface area contributed by atoms with E-state index in [9.17, 15) is 14.4 Å². The maximum absolute atomic E-state index is 10.3. The third-order valence-corrected chi connectivity index (χ3v) is 6.05. The molecule has 4 N–H and O–H groups in total. The first-order valence-electron chi connectivity index (χ1n) is 15.4. The van der Waals surface area contributed by atoms with Crippen LogP contribution in [0.5, 0.6) is 11.5 Å². The molecule has 0 bridgehead atoms. The Morgan fingerprint density at radius 2 is 0.930 bits per heavy atom. The molecule has 0 saturated carbocycles. The van der Waals surface area contributed by atoms with Crippen LogP contribution in [-0.4, -0.2) is 45.1 Å². The predicted octanol–water partition coefficient (Wildman–Crippen LogP) is 8.98. The molecule has 7 nitrogen and oxygen atoms in total. The van der Waals surface area contributed by atoms with E-state index >= 15 is 0 Å². The summed E-state index contributed by atoms with van der Waals surface area (Å²) in [5.74, 6) is 0.281. The molecule has 0 spiro atoms. The summed E-state index contributed by atoms with van der Waals surface area (Å²) >= 11 is 0. The second-order valence-corrected chi connectivity index (χ2v) is 11.0. The molecule has 0 fully saturated rings. The standard InChI is InChI=1S/C18H36O2.2C7H6O2.C3H8O.Ti/c1-17(2)15-13-11-9-7-5-3-4-6-8-10-12-14-16-18(19)20;2*8-5-6-3-1-2-4-7(6)9;1-3(2)4;/h17H,3-16H2,1-2H3,(H,19,20);2*1-5,9H;3-4H,1-2H3;. The number of carbonyl (C=O) groups is 3. The molecular weight excluding hydrogens is 580 g/mol. The quantitative estimate of drug-likeness (QED) is 0.0774. The second kappa shape index (κ2) is 32.4. The van der Waals surface area contributed by atoms with Gasteiger partial charge in [-0.15, -0.1) is 0 Å². The molecule has 0 heterocycles. The number of aromatic hydroxyl groups is 2. The Kier molecular flexibility index (Phi) is 33.9. The molecule has 43 heavy (non-hydrogen) atoms. The molecule has 0 aliphatic carbocycles. The van der Waals surface area contributed by atoms with Crippen LogP contribution in [0, 0.1) is 5.92 Å². The van der Waals surface area contributed by atoms with E-state index < -0.39 is 5.97 Å². The number of unbranched alkanes of at least 4 members (excludes halogenated alkanes) is 11. The molecule has 8 heteroatoms. The molecule has 0 amide bonds. The summed E-state index contributed by atoms with van der Waals surface area (Å²) in [6, 6.07) is 12.8. The van der Waals surface area contributed by atoms with Crippen LogP contribution in [0.2, 0.25) is 0 Å². The number of hydrogen-bond donors (Lipinski definition) is 4. The Bertz CT molecular complexity index is 880. The summed E-state index contributed by atoms with van der Waals surface area (Å²) in [7, 11) is 0. The van der Waals surface area contributed by atoms with Gasteiger partial charge in [-0.05, 0) is 50.5 Å². The fraction of sp³-hybridized carbons (Fsp3) is 0.571. The number of carboxylic acids is 1. The number of carboxylic acid groups (broad SMARTS) is 1. The average Bonchev–Trinajstić information content (AvgIpc) is 2.94. The maximum Gasteiger partial charge on any atom is 0.303 e. The number of para-hydroxylation sites is 2. The van der Waals surface area contributed by atoms with Gasteiger partial charge in [-0.1, -0.05) is 115 Å². The third-order valence-electron chi connectivity index (χ3n) is 6.05. The fourth-order valence-electron chi connectivity index (χ4n) is 3.77. The number of aliphatic hydroxyl groups excluding tert-OH is 1. The van der Waals surface area contributed by atoms with Crippen LogP contribution in [-0.2, 0) is 26.5 Å². The Labute approximate surface area is 275 Å². The van der Waals surface area contributed by atoms with Gasteiger partial charge in [0.25, 0.3) is 0 Å². The van der Waals surface area contributed by atoms with Crippen LogP contribution >= 0.6 is 0 Å². The minimum Gasteiger partial charge on any atom is -0.507 e. The van der Waals surface area contributed by atoms with E-state index in [0.717, 1.165) is 18.8 Å². The van der Waals surface area contributed by atoms with Gasteiger partial charge in [-0.3, -0.25) is 14.4 Å². The number of rotatable bonds is 17. The molecule has 242 valence electrons. The fourth-order valence-corrected chi connectivity index (χ4v) is 3.77. The third kappa shape index (κ3) is 33.9. The van der Waals surface area contributed by atoms with E-state index in [0.29, 0.717) is 30.1 Å². The van der Waals surface area contributed by atoms with Crippen molar-refractivity contribution in [2.24, 2.45) is 5.92 Å². The molecule has 2 aromatic carbocycles. The van der Waals surface area contributed by atoms with Crippen LogP contribution in [0.1, 0.15) is 138 Å². The topological polar surface area (TPSA) is 132 Å². The van der Waals surface area contributed by atoms with Gasteiger partial charge in [-0.25, -0.2) is 0 Å². The van der Waals surface area contributed by atoms with Gasteiger partial charge in [0.1, 0.15) is 11.5 Å². The number of hydrogen-bond acceptors (Lipinski definition) is 6. The zero-order valence-electron chi connectivity index (χ0n) is 26.8. The Hall–Kier alpha value is -2.48. The van der Waals surface area contributed by atoms with E-state index in [1.54, 1.807) is 50.2 Å². The van der Waals surface area contributed by atoms with E-state index in [-0.39, 0.29) is 39.3 Å². The summed E-state index contributed by atoms with van der Waals surface area (Å²) in [6.07, 6.45) is 18.4. The van der Waals surface area contributed by atoms with Crippen molar-refractivity contribution in [3.8, 4) is 11.5 Å². The first-order valence-corrected chi connectivity index (χ1v) is 15.4. The normalized spacial score (nSPS) is 9.74. The molecule has 0 aliphatic rings. The van der Waals surface area contributed by atoms with Crippen molar-refractivity contribution >= 4 is 18.5 Å². The summed E-state index contributed by atoms with van der Waals surface area (Å²) < 4.78 is 0. The van der Waals surface area contributed by atoms with E-state index in [1.165, 1.54) is 82.8 Å². The van der Waals surface area contributed by atoms with Crippen LogP contribution in [0.3, 0.4) is 0 Å².